The molecule has 2 atom stereocenters. The first-order chi connectivity index (χ1) is 7.20. The average molecular weight is 230 g/mol. The van der Waals surface area contributed by atoms with Crippen molar-refractivity contribution in [1.82, 2.24) is 4.90 Å². The molecule has 0 aromatic carbocycles. The summed E-state index contributed by atoms with van der Waals surface area (Å²) >= 11 is 0. The van der Waals surface area contributed by atoms with Gasteiger partial charge in [-0.05, 0) is 20.8 Å². The van der Waals surface area contributed by atoms with Gasteiger partial charge in [0.05, 0.1) is 12.6 Å². The van der Waals surface area contributed by atoms with Gasteiger partial charge in [0, 0.05) is 6.42 Å². The lowest BCUT2D eigenvalue weighted by Crippen LogP contribution is -2.45. The molecular formula is C10H18N2O4. The van der Waals surface area contributed by atoms with Gasteiger partial charge in [0.15, 0.2) is 0 Å². The minimum atomic E-state index is -0.773. The van der Waals surface area contributed by atoms with Crippen molar-refractivity contribution in [2.75, 3.05) is 6.54 Å². The zero-order valence-electron chi connectivity index (χ0n) is 9.77. The predicted molar refractivity (Wildman–Crippen MR) is 56.5 cm³/mol. The van der Waals surface area contributed by atoms with Crippen molar-refractivity contribution < 1.29 is 19.4 Å². The van der Waals surface area contributed by atoms with Gasteiger partial charge in [0.2, 0.25) is 5.91 Å². The molecule has 6 nitrogen and oxygen atoms in total. The third-order valence-corrected chi connectivity index (χ3v) is 2.24. The number of hydrogen-bond acceptors (Lipinski definition) is 4. The van der Waals surface area contributed by atoms with Crippen LogP contribution in [-0.2, 0) is 9.53 Å². The molecule has 1 rings (SSSR count). The molecule has 6 heteroatoms. The molecule has 92 valence electrons. The molecule has 0 aliphatic carbocycles. The van der Waals surface area contributed by atoms with Gasteiger partial charge in [-0.15, -0.1) is 0 Å². The second-order valence-corrected chi connectivity index (χ2v) is 4.94. The van der Waals surface area contributed by atoms with Crippen LogP contribution in [0.25, 0.3) is 0 Å². The van der Waals surface area contributed by atoms with E-state index in [1.165, 1.54) is 4.90 Å². The number of carbonyl (C=O) groups excluding carboxylic acids is 2. The van der Waals surface area contributed by atoms with Crippen molar-refractivity contribution in [3.8, 4) is 0 Å². The number of β-amino-alcohol motifs (C(OH)–C–C–N with tert-alkyl or cyclic N) is 1. The van der Waals surface area contributed by atoms with E-state index in [0.717, 1.165) is 0 Å². The molecule has 0 saturated carbocycles. The van der Waals surface area contributed by atoms with E-state index < -0.39 is 29.7 Å². The molecule has 0 aromatic rings. The SMILES string of the molecule is CC(C)(C)OC(=O)N1CC(O)C[C@H]1C(N)=O. The molecule has 2 amide bonds. The van der Waals surface area contributed by atoms with Crippen molar-refractivity contribution in [3.05, 3.63) is 0 Å². The number of nitrogens with two attached hydrogens (primary N) is 1. The topological polar surface area (TPSA) is 92.9 Å². The first-order valence-electron chi connectivity index (χ1n) is 5.17. The number of primary amides is 1. The Balaban J connectivity index is 2.71. The summed E-state index contributed by atoms with van der Waals surface area (Å²) < 4.78 is 5.12. The highest BCUT2D eigenvalue weighted by atomic mass is 16.6. The highest BCUT2D eigenvalue weighted by Crippen LogP contribution is 2.20. The number of carbonyl (C=O) groups is 2. The van der Waals surface area contributed by atoms with Gasteiger partial charge < -0.3 is 15.6 Å². The summed E-state index contributed by atoms with van der Waals surface area (Å²) in [6, 6.07) is -0.773. The van der Waals surface area contributed by atoms with Gasteiger partial charge in [0.25, 0.3) is 0 Å². The van der Waals surface area contributed by atoms with Crippen LogP contribution in [0.15, 0.2) is 0 Å². The Morgan fingerprint density at radius 3 is 2.44 bits per heavy atom. The predicted octanol–water partition coefficient (Wildman–Crippen LogP) is -0.158. The van der Waals surface area contributed by atoms with E-state index in [9.17, 15) is 14.7 Å². The molecule has 1 unspecified atom stereocenters. The molecule has 1 heterocycles. The van der Waals surface area contributed by atoms with Crippen LogP contribution in [0.1, 0.15) is 27.2 Å². The van der Waals surface area contributed by atoms with Crippen molar-refractivity contribution >= 4 is 12.0 Å². The number of likely N-dealkylation sites (tertiary alicyclic amines) is 1. The van der Waals surface area contributed by atoms with E-state index in [2.05, 4.69) is 0 Å². The van der Waals surface area contributed by atoms with Crippen molar-refractivity contribution in [2.24, 2.45) is 5.73 Å². The number of ether oxygens (including phenoxy) is 1. The maximum atomic E-state index is 11.7. The first kappa shape index (κ1) is 12.8. The molecule has 1 aliphatic heterocycles. The Morgan fingerprint density at radius 1 is 1.44 bits per heavy atom. The number of aliphatic hydroxyl groups is 1. The zero-order valence-corrected chi connectivity index (χ0v) is 9.77. The van der Waals surface area contributed by atoms with Gasteiger partial charge in [-0.2, -0.15) is 0 Å². The minimum absolute atomic E-state index is 0.0858. The largest absolute Gasteiger partial charge is 0.444 e. The third-order valence-electron chi connectivity index (χ3n) is 2.24. The number of rotatable bonds is 1. The molecular weight excluding hydrogens is 212 g/mol. The summed E-state index contributed by atoms with van der Waals surface area (Å²) in [5.41, 5.74) is 4.52. The Kier molecular flexibility index (Phi) is 3.42. The van der Waals surface area contributed by atoms with Crippen molar-refractivity contribution in [3.63, 3.8) is 0 Å². The van der Waals surface area contributed by atoms with Gasteiger partial charge in [0.1, 0.15) is 11.6 Å². The van der Waals surface area contributed by atoms with E-state index in [4.69, 9.17) is 10.5 Å². The van der Waals surface area contributed by atoms with E-state index in [1.807, 2.05) is 0 Å². The van der Waals surface area contributed by atoms with Gasteiger partial charge in [-0.3, -0.25) is 9.69 Å². The van der Waals surface area contributed by atoms with Crippen LogP contribution in [0.2, 0.25) is 0 Å². The maximum absolute atomic E-state index is 11.7. The molecule has 1 aliphatic rings. The highest BCUT2D eigenvalue weighted by molar-refractivity contribution is 5.85. The lowest BCUT2D eigenvalue weighted by molar-refractivity contribution is -0.122. The molecule has 0 spiro atoms. The van der Waals surface area contributed by atoms with E-state index in [0.29, 0.717) is 0 Å². The van der Waals surface area contributed by atoms with Crippen LogP contribution >= 0.6 is 0 Å². The molecule has 16 heavy (non-hydrogen) atoms. The fraction of sp³-hybridized carbons (Fsp3) is 0.800. The number of amides is 2. The average Bonchev–Trinajstić information content (AvgIpc) is 2.44. The van der Waals surface area contributed by atoms with Crippen LogP contribution in [0.3, 0.4) is 0 Å². The third kappa shape index (κ3) is 3.10. The van der Waals surface area contributed by atoms with Crippen LogP contribution in [0, 0.1) is 0 Å². The van der Waals surface area contributed by atoms with Gasteiger partial charge in [-0.1, -0.05) is 0 Å². The molecule has 3 N–H and O–H groups in total. The smallest absolute Gasteiger partial charge is 0.411 e. The van der Waals surface area contributed by atoms with Gasteiger partial charge in [-0.25, -0.2) is 4.79 Å². The van der Waals surface area contributed by atoms with Crippen LogP contribution in [0.5, 0.6) is 0 Å². The highest BCUT2D eigenvalue weighted by Gasteiger charge is 2.39. The lowest BCUT2D eigenvalue weighted by atomic mass is 10.2. The van der Waals surface area contributed by atoms with Crippen LogP contribution < -0.4 is 5.73 Å². The molecule has 1 saturated heterocycles. The fourth-order valence-corrected chi connectivity index (χ4v) is 1.61. The quantitative estimate of drug-likeness (QED) is 0.654. The summed E-state index contributed by atoms with van der Waals surface area (Å²) in [4.78, 5) is 24.0. The van der Waals surface area contributed by atoms with Gasteiger partial charge >= 0.3 is 6.09 Å². The number of nitrogens with zero attached hydrogens (tertiary/aromatic N) is 1. The summed E-state index contributed by atoms with van der Waals surface area (Å²) in [6.45, 7) is 5.28. The monoisotopic (exact) mass is 230 g/mol. The van der Waals surface area contributed by atoms with Crippen molar-refractivity contribution in [2.45, 2.75) is 44.9 Å². The standard InChI is InChI=1S/C10H18N2O4/c1-10(2,3)16-9(15)12-5-6(13)4-7(12)8(11)14/h6-7,13H,4-5H2,1-3H3,(H2,11,14)/t6?,7-/m0/s1. The van der Waals surface area contributed by atoms with E-state index in [-0.39, 0.29) is 13.0 Å². The summed E-state index contributed by atoms with van der Waals surface area (Å²) in [7, 11) is 0. The summed E-state index contributed by atoms with van der Waals surface area (Å²) in [5.74, 6) is -0.623. The van der Waals surface area contributed by atoms with E-state index in [1.54, 1.807) is 20.8 Å². The number of aliphatic hydroxyl groups excluding tert-OH is 1. The molecule has 1 fully saturated rings. The Labute approximate surface area is 94.3 Å². The van der Waals surface area contributed by atoms with E-state index >= 15 is 0 Å². The Hall–Kier alpha value is -1.30. The van der Waals surface area contributed by atoms with Crippen LogP contribution in [-0.4, -0.2) is 46.3 Å². The summed E-state index contributed by atoms with van der Waals surface area (Å²) in [6.07, 6.45) is -1.16. The Bertz CT molecular complexity index is 298. The maximum Gasteiger partial charge on any atom is 0.411 e. The Morgan fingerprint density at radius 2 is 2.00 bits per heavy atom. The molecule has 0 bridgehead atoms. The fourth-order valence-electron chi connectivity index (χ4n) is 1.61. The molecule has 0 aromatic heterocycles. The summed E-state index contributed by atoms with van der Waals surface area (Å²) in [5, 5.41) is 9.41. The molecule has 0 radical (unpaired) electrons. The lowest BCUT2D eigenvalue weighted by Gasteiger charge is -2.26. The zero-order chi connectivity index (χ0) is 12.5. The van der Waals surface area contributed by atoms with Crippen LogP contribution in [0.4, 0.5) is 4.79 Å². The first-order valence-corrected chi connectivity index (χ1v) is 5.17. The van der Waals surface area contributed by atoms with Crippen molar-refractivity contribution in [1.29, 1.82) is 0 Å². The second kappa shape index (κ2) is 4.29. The normalized spacial score (nSPS) is 25.6. The number of hydrogen-bond donors (Lipinski definition) is 2. The second-order valence-electron chi connectivity index (χ2n) is 4.94. The minimum Gasteiger partial charge on any atom is -0.444 e.